The number of methoxy groups -OCH3 is 1. The lowest BCUT2D eigenvalue weighted by molar-refractivity contribution is -0.124. The number of nitrogens with one attached hydrogen (secondary N) is 1. The third-order valence-corrected chi connectivity index (χ3v) is 4.21. The van der Waals surface area contributed by atoms with E-state index in [0.717, 1.165) is 32.5 Å². The molecule has 1 aromatic rings. The van der Waals surface area contributed by atoms with Crippen molar-refractivity contribution in [2.75, 3.05) is 26.7 Å². The molecule has 0 aliphatic carbocycles. The van der Waals surface area contributed by atoms with Crippen LogP contribution in [0, 0.1) is 0 Å². The Balaban J connectivity index is 1.69. The first-order valence-electron chi connectivity index (χ1n) is 7.99. The monoisotopic (exact) mass is 305 g/mol. The number of hydrogen-bond acceptors (Lipinski definition) is 4. The summed E-state index contributed by atoms with van der Waals surface area (Å²) < 4.78 is 5.15. The lowest BCUT2D eigenvalue weighted by Crippen LogP contribution is -2.45. The minimum atomic E-state index is -0.182. The number of hydrogen-bond donors (Lipinski definition) is 2. The number of ether oxygens (including phenoxy) is 1. The number of amides is 1. The van der Waals surface area contributed by atoms with Crippen LogP contribution in [0.5, 0.6) is 0 Å². The number of benzene rings is 1. The summed E-state index contributed by atoms with van der Waals surface area (Å²) in [5, 5.41) is 3.10. The van der Waals surface area contributed by atoms with Crippen LogP contribution in [0.2, 0.25) is 0 Å². The average Bonchev–Trinajstić information content (AvgIpc) is 2.55. The fourth-order valence-corrected chi connectivity index (χ4v) is 2.83. The molecule has 5 heteroatoms. The van der Waals surface area contributed by atoms with E-state index in [4.69, 9.17) is 10.5 Å². The van der Waals surface area contributed by atoms with Crippen LogP contribution in [0.3, 0.4) is 0 Å². The van der Waals surface area contributed by atoms with Gasteiger partial charge in [-0.2, -0.15) is 0 Å². The predicted molar refractivity (Wildman–Crippen MR) is 87.4 cm³/mol. The molecule has 1 aromatic carbocycles. The van der Waals surface area contributed by atoms with E-state index in [0.29, 0.717) is 13.0 Å². The highest BCUT2D eigenvalue weighted by molar-refractivity contribution is 5.76. The van der Waals surface area contributed by atoms with Crippen LogP contribution in [0.15, 0.2) is 30.3 Å². The second-order valence-electron chi connectivity index (χ2n) is 5.90. The summed E-state index contributed by atoms with van der Waals surface area (Å²) in [7, 11) is 1.59. The van der Waals surface area contributed by atoms with E-state index in [1.165, 1.54) is 5.56 Å². The zero-order valence-electron chi connectivity index (χ0n) is 13.3. The van der Waals surface area contributed by atoms with E-state index in [-0.39, 0.29) is 18.1 Å². The average molecular weight is 305 g/mol. The van der Waals surface area contributed by atoms with Gasteiger partial charge in [0.15, 0.2) is 0 Å². The minimum absolute atomic E-state index is 0.0406. The molecule has 1 aliphatic rings. The van der Waals surface area contributed by atoms with E-state index in [1.807, 2.05) is 6.07 Å². The van der Waals surface area contributed by atoms with Crippen molar-refractivity contribution < 1.29 is 9.53 Å². The molecule has 0 spiro atoms. The number of piperidine rings is 1. The fraction of sp³-hybridized carbons (Fsp3) is 0.588. The highest BCUT2D eigenvalue weighted by Crippen LogP contribution is 2.14. The van der Waals surface area contributed by atoms with Gasteiger partial charge < -0.3 is 15.8 Å². The number of likely N-dealkylation sites (tertiary alicyclic amines) is 1. The van der Waals surface area contributed by atoms with Crippen LogP contribution in [-0.2, 0) is 16.1 Å². The van der Waals surface area contributed by atoms with Gasteiger partial charge in [-0.05, 0) is 18.4 Å². The normalized spacial score (nSPS) is 18.1. The molecule has 1 saturated heterocycles. The fourth-order valence-electron chi connectivity index (χ4n) is 2.83. The van der Waals surface area contributed by atoms with E-state index >= 15 is 0 Å². The molecule has 0 aromatic heterocycles. The topological polar surface area (TPSA) is 67.6 Å². The molecule has 0 radical (unpaired) electrons. The van der Waals surface area contributed by atoms with Crippen LogP contribution in [0.25, 0.3) is 0 Å². The molecule has 1 heterocycles. The van der Waals surface area contributed by atoms with Crippen molar-refractivity contribution in [2.45, 2.75) is 38.0 Å². The van der Waals surface area contributed by atoms with Crippen LogP contribution >= 0.6 is 0 Å². The highest BCUT2D eigenvalue weighted by atomic mass is 16.5. The quantitative estimate of drug-likeness (QED) is 0.792. The third kappa shape index (κ3) is 5.40. The predicted octanol–water partition coefficient (Wildman–Crippen LogP) is 1.13. The highest BCUT2D eigenvalue weighted by Gasteiger charge is 2.21. The maximum Gasteiger partial charge on any atom is 0.222 e. The Hall–Kier alpha value is -1.43. The number of nitrogens with zero attached hydrogens (tertiary/aromatic N) is 1. The summed E-state index contributed by atoms with van der Waals surface area (Å²) in [6.07, 6.45) is 2.16. The lowest BCUT2D eigenvalue weighted by Gasteiger charge is -2.32. The first-order valence-corrected chi connectivity index (χ1v) is 7.99. The van der Waals surface area contributed by atoms with Gasteiger partial charge in [0.2, 0.25) is 5.91 Å². The van der Waals surface area contributed by atoms with Gasteiger partial charge in [0.05, 0.1) is 12.5 Å². The molecule has 5 nitrogen and oxygen atoms in total. The molecule has 0 bridgehead atoms. The second kappa shape index (κ2) is 8.88. The summed E-state index contributed by atoms with van der Waals surface area (Å²) in [6, 6.07) is 10.8. The number of carbonyl (C=O) groups is 1. The van der Waals surface area contributed by atoms with Crippen LogP contribution in [0.4, 0.5) is 0 Å². The molecule has 0 saturated carbocycles. The maximum absolute atomic E-state index is 12.0. The van der Waals surface area contributed by atoms with Gasteiger partial charge in [-0.15, -0.1) is 0 Å². The molecule has 1 amide bonds. The van der Waals surface area contributed by atoms with Crippen molar-refractivity contribution >= 4 is 5.91 Å². The molecule has 1 atom stereocenters. The van der Waals surface area contributed by atoms with Gasteiger partial charge in [0.25, 0.3) is 0 Å². The van der Waals surface area contributed by atoms with Crippen molar-refractivity contribution in [1.29, 1.82) is 0 Å². The molecule has 1 aliphatic heterocycles. The first-order chi connectivity index (χ1) is 10.7. The Bertz CT molecular complexity index is 440. The van der Waals surface area contributed by atoms with Gasteiger partial charge in [0.1, 0.15) is 0 Å². The summed E-state index contributed by atoms with van der Waals surface area (Å²) in [6.45, 7) is 3.40. The maximum atomic E-state index is 12.0. The molecular weight excluding hydrogens is 278 g/mol. The van der Waals surface area contributed by atoms with Gasteiger partial charge in [-0.3, -0.25) is 9.69 Å². The van der Waals surface area contributed by atoms with Crippen molar-refractivity contribution in [2.24, 2.45) is 5.73 Å². The number of nitrogens with two attached hydrogens (primary N) is 1. The smallest absolute Gasteiger partial charge is 0.222 e. The van der Waals surface area contributed by atoms with Crippen LogP contribution < -0.4 is 11.1 Å². The van der Waals surface area contributed by atoms with Gasteiger partial charge in [0, 0.05) is 39.3 Å². The standard InChI is InChI=1S/C17H27N3O2/c1-22-16(12-18)11-17(21)19-15-7-9-20(10-8-15)13-14-5-3-2-4-6-14/h2-6,15-16H,7-13,18H2,1H3,(H,19,21). The van der Waals surface area contributed by atoms with Crippen molar-refractivity contribution in [3.05, 3.63) is 35.9 Å². The van der Waals surface area contributed by atoms with E-state index in [2.05, 4.69) is 34.5 Å². The Morgan fingerprint density at radius 3 is 2.64 bits per heavy atom. The lowest BCUT2D eigenvalue weighted by atomic mass is 10.0. The molecule has 1 fully saturated rings. The molecule has 122 valence electrons. The van der Waals surface area contributed by atoms with Gasteiger partial charge >= 0.3 is 0 Å². The molecule has 2 rings (SSSR count). The van der Waals surface area contributed by atoms with E-state index in [1.54, 1.807) is 7.11 Å². The number of carbonyl (C=O) groups excluding carboxylic acids is 1. The Kier molecular flexibility index (Phi) is 6.83. The van der Waals surface area contributed by atoms with Crippen LogP contribution in [0.1, 0.15) is 24.8 Å². The van der Waals surface area contributed by atoms with Crippen LogP contribution in [-0.4, -0.2) is 49.7 Å². The van der Waals surface area contributed by atoms with E-state index in [9.17, 15) is 4.79 Å². The minimum Gasteiger partial charge on any atom is -0.380 e. The zero-order chi connectivity index (χ0) is 15.8. The summed E-state index contributed by atoms with van der Waals surface area (Å²) in [5.74, 6) is 0.0406. The number of rotatable bonds is 7. The van der Waals surface area contributed by atoms with Gasteiger partial charge in [-0.1, -0.05) is 30.3 Å². The zero-order valence-corrected chi connectivity index (χ0v) is 13.3. The molecule has 1 unspecified atom stereocenters. The van der Waals surface area contributed by atoms with Crippen molar-refractivity contribution in [1.82, 2.24) is 10.2 Å². The van der Waals surface area contributed by atoms with E-state index < -0.39 is 0 Å². The molecule has 3 N–H and O–H groups in total. The SMILES string of the molecule is COC(CN)CC(=O)NC1CCN(Cc2ccccc2)CC1. The summed E-state index contributed by atoms with van der Waals surface area (Å²) in [5.41, 5.74) is 6.89. The second-order valence-corrected chi connectivity index (χ2v) is 5.90. The third-order valence-electron chi connectivity index (χ3n) is 4.21. The summed E-state index contributed by atoms with van der Waals surface area (Å²) in [4.78, 5) is 14.4. The first kappa shape index (κ1) is 16.9. The largest absolute Gasteiger partial charge is 0.380 e. The Morgan fingerprint density at radius 2 is 2.05 bits per heavy atom. The van der Waals surface area contributed by atoms with Crippen molar-refractivity contribution in [3.8, 4) is 0 Å². The van der Waals surface area contributed by atoms with Crippen molar-refractivity contribution in [3.63, 3.8) is 0 Å². The molecular formula is C17H27N3O2. The Morgan fingerprint density at radius 1 is 1.36 bits per heavy atom. The summed E-state index contributed by atoms with van der Waals surface area (Å²) >= 11 is 0. The Labute approximate surface area is 132 Å². The van der Waals surface area contributed by atoms with Gasteiger partial charge in [-0.25, -0.2) is 0 Å². The molecule has 22 heavy (non-hydrogen) atoms.